The van der Waals surface area contributed by atoms with Gasteiger partial charge in [0.15, 0.2) is 6.10 Å². The van der Waals surface area contributed by atoms with E-state index in [2.05, 4.69) is 5.32 Å². The van der Waals surface area contributed by atoms with E-state index < -0.39 is 6.10 Å². The summed E-state index contributed by atoms with van der Waals surface area (Å²) >= 11 is 0. The topological polar surface area (TPSA) is 55.4 Å². The molecule has 0 aromatic heterocycles. The van der Waals surface area contributed by atoms with Crippen LogP contribution in [0.5, 0.6) is 0 Å². The highest BCUT2D eigenvalue weighted by molar-refractivity contribution is 5.84. The van der Waals surface area contributed by atoms with Crippen LogP contribution in [0.3, 0.4) is 0 Å². The number of benzene rings is 1. The van der Waals surface area contributed by atoms with E-state index in [1.165, 1.54) is 12.8 Å². The third-order valence-corrected chi connectivity index (χ3v) is 4.35. The molecule has 0 radical (unpaired) electrons. The lowest BCUT2D eigenvalue weighted by molar-refractivity contribution is -0.154. The van der Waals surface area contributed by atoms with Crippen LogP contribution in [0.2, 0.25) is 0 Å². The molecule has 1 N–H and O–H groups in total. The van der Waals surface area contributed by atoms with Gasteiger partial charge in [-0.05, 0) is 32.3 Å². The molecule has 0 aliphatic heterocycles. The fourth-order valence-corrected chi connectivity index (χ4v) is 2.91. The smallest absolute Gasteiger partial charge is 0.311 e. The second kappa shape index (κ2) is 8.70. The van der Waals surface area contributed by atoms with Gasteiger partial charge in [0.1, 0.15) is 0 Å². The summed E-state index contributed by atoms with van der Waals surface area (Å²) in [6, 6.07) is 7.97. The molecular formula is C19H27NO3. The van der Waals surface area contributed by atoms with E-state index >= 15 is 0 Å². The number of ether oxygens (including phenoxy) is 1. The largest absolute Gasteiger partial charge is 0.452 e. The molecule has 4 nitrogen and oxygen atoms in total. The van der Waals surface area contributed by atoms with E-state index in [1.807, 2.05) is 31.2 Å². The van der Waals surface area contributed by atoms with Crippen molar-refractivity contribution in [1.82, 2.24) is 5.32 Å². The van der Waals surface area contributed by atoms with E-state index in [-0.39, 0.29) is 24.3 Å². The SMILES string of the molecule is Cc1ccc(CC(=O)O[C@@H](C)C(=O)NC2CCCCCC2)cc1. The fourth-order valence-electron chi connectivity index (χ4n) is 2.91. The number of hydrogen-bond donors (Lipinski definition) is 1. The lowest BCUT2D eigenvalue weighted by Crippen LogP contribution is -2.42. The molecule has 1 fully saturated rings. The van der Waals surface area contributed by atoms with Crippen LogP contribution in [0, 0.1) is 6.92 Å². The summed E-state index contributed by atoms with van der Waals surface area (Å²) in [4.78, 5) is 24.1. The molecule has 1 aliphatic carbocycles. The Balaban J connectivity index is 1.77. The van der Waals surface area contributed by atoms with Crippen LogP contribution in [-0.4, -0.2) is 24.0 Å². The van der Waals surface area contributed by atoms with E-state index in [4.69, 9.17) is 4.74 Å². The maximum absolute atomic E-state index is 12.2. The van der Waals surface area contributed by atoms with Crippen molar-refractivity contribution >= 4 is 11.9 Å². The summed E-state index contributed by atoms with van der Waals surface area (Å²) < 4.78 is 5.27. The van der Waals surface area contributed by atoms with Gasteiger partial charge in [-0.2, -0.15) is 0 Å². The molecule has 4 heteroatoms. The molecular weight excluding hydrogens is 290 g/mol. The van der Waals surface area contributed by atoms with Crippen LogP contribution in [0.25, 0.3) is 0 Å². The highest BCUT2D eigenvalue weighted by Crippen LogP contribution is 2.17. The molecule has 1 amide bonds. The molecule has 1 aromatic rings. The van der Waals surface area contributed by atoms with E-state index in [0.29, 0.717) is 0 Å². The van der Waals surface area contributed by atoms with Gasteiger partial charge >= 0.3 is 5.97 Å². The molecule has 0 saturated heterocycles. The van der Waals surface area contributed by atoms with Crippen molar-refractivity contribution in [3.05, 3.63) is 35.4 Å². The number of hydrogen-bond acceptors (Lipinski definition) is 3. The van der Waals surface area contributed by atoms with Crippen LogP contribution >= 0.6 is 0 Å². The number of nitrogens with one attached hydrogen (secondary N) is 1. The highest BCUT2D eigenvalue weighted by Gasteiger charge is 2.21. The summed E-state index contributed by atoms with van der Waals surface area (Å²) in [5.74, 6) is -0.550. The van der Waals surface area contributed by atoms with Gasteiger partial charge in [-0.25, -0.2) is 0 Å². The Labute approximate surface area is 138 Å². The van der Waals surface area contributed by atoms with Gasteiger partial charge in [-0.1, -0.05) is 55.5 Å². The zero-order valence-corrected chi connectivity index (χ0v) is 14.1. The lowest BCUT2D eigenvalue weighted by atomic mass is 10.1. The van der Waals surface area contributed by atoms with Crippen molar-refractivity contribution < 1.29 is 14.3 Å². The minimum Gasteiger partial charge on any atom is -0.452 e. The van der Waals surface area contributed by atoms with Crippen LogP contribution in [0.15, 0.2) is 24.3 Å². The molecule has 1 saturated carbocycles. The molecule has 0 bridgehead atoms. The quantitative estimate of drug-likeness (QED) is 0.669. The summed E-state index contributed by atoms with van der Waals surface area (Å²) in [5.41, 5.74) is 2.05. The third-order valence-electron chi connectivity index (χ3n) is 4.35. The number of carbonyl (C=O) groups is 2. The molecule has 0 heterocycles. The van der Waals surface area contributed by atoms with Gasteiger partial charge in [0.05, 0.1) is 6.42 Å². The van der Waals surface area contributed by atoms with Gasteiger partial charge in [-0.3, -0.25) is 9.59 Å². The monoisotopic (exact) mass is 317 g/mol. The Bertz CT molecular complexity index is 516. The van der Waals surface area contributed by atoms with Crippen LogP contribution in [0.4, 0.5) is 0 Å². The van der Waals surface area contributed by atoms with E-state index in [0.717, 1.165) is 36.8 Å². The van der Waals surface area contributed by atoms with Crippen molar-refractivity contribution in [3.8, 4) is 0 Å². The standard InChI is InChI=1S/C19H27NO3/c1-14-9-11-16(12-10-14)13-18(21)23-15(2)19(22)20-17-7-5-3-4-6-8-17/h9-12,15,17H,3-8,13H2,1-2H3,(H,20,22)/t15-/m0/s1. The van der Waals surface area contributed by atoms with Gasteiger partial charge in [-0.15, -0.1) is 0 Å². The first kappa shape index (κ1) is 17.5. The van der Waals surface area contributed by atoms with Crippen LogP contribution < -0.4 is 5.32 Å². The number of esters is 1. The van der Waals surface area contributed by atoms with Crippen molar-refractivity contribution in [2.45, 2.75) is 70.9 Å². The Morgan fingerprint density at radius 3 is 2.35 bits per heavy atom. The van der Waals surface area contributed by atoms with Crippen molar-refractivity contribution in [1.29, 1.82) is 0 Å². The first-order chi connectivity index (χ1) is 11.0. The molecule has 2 rings (SSSR count). The Kier molecular flexibility index (Phi) is 6.63. The maximum atomic E-state index is 12.2. The summed E-state index contributed by atoms with van der Waals surface area (Å²) in [6.07, 6.45) is 6.31. The molecule has 0 unspecified atom stereocenters. The first-order valence-electron chi connectivity index (χ1n) is 8.60. The van der Waals surface area contributed by atoms with Gasteiger partial charge in [0.2, 0.25) is 0 Å². The predicted octanol–water partition coefficient (Wildman–Crippen LogP) is 3.31. The number of aryl methyl sites for hydroxylation is 1. The number of carbonyl (C=O) groups excluding carboxylic acids is 2. The number of amides is 1. The molecule has 0 spiro atoms. The second-order valence-corrected chi connectivity index (χ2v) is 6.49. The normalized spacial score (nSPS) is 17.1. The summed E-state index contributed by atoms with van der Waals surface area (Å²) in [6.45, 7) is 3.64. The number of rotatable bonds is 5. The average Bonchev–Trinajstić information content (AvgIpc) is 2.78. The Morgan fingerprint density at radius 2 is 1.74 bits per heavy atom. The molecule has 23 heavy (non-hydrogen) atoms. The predicted molar refractivity (Wildman–Crippen MR) is 90.1 cm³/mol. The van der Waals surface area contributed by atoms with Crippen LogP contribution in [-0.2, 0) is 20.7 Å². The lowest BCUT2D eigenvalue weighted by Gasteiger charge is -2.19. The van der Waals surface area contributed by atoms with Gasteiger partial charge in [0.25, 0.3) is 5.91 Å². The molecule has 126 valence electrons. The summed E-state index contributed by atoms with van der Waals surface area (Å²) in [7, 11) is 0. The van der Waals surface area contributed by atoms with Crippen molar-refractivity contribution in [3.63, 3.8) is 0 Å². The Morgan fingerprint density at radius 1 is 1.13 bits per heavy atom. The Hall–Kier alpha value is -1.84. The summed E-state index contributed by atoms with van der Waals surface area (Å²) in [5, 5.41) is 3.02. The minimum atomic E-state index is -0.740. The van der Waals surface area contributed by atoms with E-state index in [9.17, 15) is 9.59 Å². The van der Waals surface area contributed by atoms with Crippen LogP contribution in [0.1, 0.15) is 56.6 Å². The van der Waals surface area contributed by atoms with Crippen molar-refractivity contribution in [2.75, 3.05) is 0 Å². The zero-order chi connectivity index (χ0) is 16.7. The van der Waals surface area contributed by atoms with E-state index in [1.54, 1.807) is 6.92 Å². The molecule has 1 atom stereocenters. The molecule has 1 aromatic carbocycles. The second-order valence-electron chi connectivity index (χ2n) is 6.49. The zero-order valence-electron chi connectivity index (χ0n) is 14.1. The van der Waals surface area contributed by atoms with Gasteiger partial charge < -0.3 is 10.1 Å². The van der Waals surface area contributed by atoms with Gasteiger partial charge in [0, 0.05) is 6.04 Å². The average molecular weight is 317 g/mol. The first-order valence-corrected chi connectivity index (χ1v) is 8.60. The fraction of sp³-hybridized carbons (Fsp3) is 0.579. The maximum Gasteiger partial charge on any atom is 0.311 e. The minimum absolute atomic E-state index is 0.186. The molecule has 1 aliphatic rings. The highest BCUT2D eigenvalue weighted by atomic mass is 16.5. The third kappa shape index (κ3) is 6.05. The van der Waals surface area contributed by atoms with Crippen molar-refractivity contribution in [2.24, 2.45) is 0 Å².